The number of nitrogens with zero attached hydrogens (tertiary/aromatic N) is 1. The third-order valence-corrected chi connectivity index (χ3v) is 4.94. The maximum absolute atomic E-state index is 12.1. The fourth-order valence-corrected chi connectivity index (χ4v) is 4.01. The number of hydrogen-bond acceptors (Lipinski definition) is 3. The maximum Gasteiger partial charge on any atom is 0.317 e. The number of carbonyl (C=O) groups is 2. The first-order valence-corrected chi connectivity index (χ1v) is 7.02. The second-order valence-corrected chi connectivity index (χ2v) is 6.06. The van der Waals surface area contributed by atoms with E-state index in [2.05, 4.69) is 5.32 Å². The van der Waals surface area contributed by atoms with Gasteiger partial charge in [0.15, 0.2) is 0 Å². The monoisotopic (exact) mass is 268 g/mol. The number of carbonyl (C=O) groups excluding carboxylic acids is 1. The minimum Gasteiger partial charge on any atom is -0.481 e. The Labute approximate surface area is 111 Å². The molecule has 3 rings (SSSR count). The van der Waals surface area contributed by atoms with E-state index >= 15 is 0 Å². The van der Waals surface area contributed by atoms with Crippen LogP contribution in [0.4, 0.5) is 4.79 Å². The minimum absolute atomic E-state index is 0.219. The Morgan fingerprint density at radius 1 is 1.16 bits per heavy atom. The summed E-state index contributed by atoms with van der Waals surface area (Å²) in [6.07, 6.45) is 3.07. The van der Waals surface area contributed by atoms with Crippen molar-refractivity contribution < 1.29 is 19.8 Å². The molecule has 3 fully saturated rings. The molecule has 5 atom stereocenters. The molecular weight excluding hydrogens is 248 g/mol. The van der Waals surface area contributed by atoms with Crippen LogP contribution in [0.1, 0.15) is 25.7 Å². The van der Waals surface area contributed by atoms with Crippen LogP contribution >= 0.6 is 0 Å². The summed E-state index contributed by atoms with van der Waals surface area (Å²) in [7, 11) is 0. The molecular formula is C13H20N2O4. The topological polar surface area (TPSA) is 89.9 Å². The lowest BCUT2D eigenvalue weighted by Gasteiger charge is -2.30. The van der Waals surface area contributed by atoms with Gasteiger partial charge in [-0.05, 0) is 37.5 Å². The smallest absolute Gasteiger partial charge is 0.317 e. The quantitative estimate of drug-likeness (QED) is 0.670. The number of aliphatic carboxylic acids is 1. The van der Waals surface area contributed by atoms with E-state index in [4.69, 9.17) is 0 Å². The van der Waals surface area contributed by atoms with E-state index in [1.54, 1.807) is 4.90 Å². The molecule has 2 bridgehead atoms. The van der Waals surface area contributed by atoms with Gasteiger partial charge in [0.05, 0.1) is 12.0 Å². The molecule has 6 nitrogen and oxygen atoms in total. The molecule has 0 aromatic heterocycles. The number of nitrogens with one attached hydrogen (secondary N) is 1. The number of rotatable bonds is 2. The molecule has 6 heteroatoms. The van der Waals surface area contributed by atoms with Crippen LogP contribution in [0.3, 0.4) is 0 Å². The SMILES string of the molecule is O=C(O)C1C2CCC(C2)C1NC(=O)N1CCC(O)C1. The van der Waals surface area contributed by atoms with Gasteiger partial charge in [-0.25, -0.2) is 4.79 Å². The lowest BCUT2D eigenvalue weighted by atomic mass is 9.84. The number of aliphatic hydroxyl groups excluding tert-OH is 1. The number of carboxylic acids is 1. The number of likely N-dealkylation sites (tertiary alicyclic amines) is 1. The van der Waals surface area contributed by atoms with Crippen LogP contribution in [0.2, 0.25) is 0 Å². The van der Waals surface area contributed by atoms with Crippen LogP contribution in [-0.2, 0) is 4.79 Å². The molecule has 5 unspecified atom stereocenters. The molecule has 0 spiro atoms. The molecule has 19 heavy (non-hydrogen) atoms. The van der Waals surface area contributed by atoms with Crippen molar-refractivity contribution in [3.8, 4) is 0 Å². The Kier molecular flexibility index (Phi) is 3.12. The van der Waals surface area contributed by atoms with E-state index < -0.39 is 18.0 Å². The number of β-amino-alcohol motifs (C(OH)–C–C–N with tert-alkyl or cyclic N) is 1. The van der Waals surface area contributed by atoms with Gasteiger partial charge in [0.2, 0.25) is 0 Å². The lowest BCUT2D eigenvalue weighted by Crippen LogP contribution is -2.51. The molecule has 3 aliphatic rings. The van der Waals surface area contributed by atoms with E-state index in [1.807, 2.05) is 0 Å². The summed E-state index contributed by atoms with van der Waals surface area (Å²) in [5.41, 5.74) is 0. The number of carboxylic acid groups (broad SMARTS) is 1. The summed E-state index contributed by atoms with van der Waals surface area (Å²) < 4.78 is 0. The Hall–Kier alpha value is -1.30. The van der Waals surface area contributed by atoms with Crippen molar-refractivity contribution in [2.45, 2.75) is 37.8 Å². The molecule has 0 aromatic carbocycles. The Balaban J connectivity index is 1.65. The van der Waals surface area contributed by atoms with Crippen molar-refractivity contribution in [2.75, 3.05) is 13.1 Å². The number of amides is 2. The van der Waals surface area contributed by atoms with Gasteiger partial charge in [-0.15, -0.1) is 0 Å². The van der Waals surface area contributed by atoms with Crippen molar-refractivity contribution >= 4 is 12.0 Å². The average Bonchev–Trinajstić information content (AvgIpc) is 3.03. The molecule has 1 aliphatic heterocycles. The highest BCUT2D eigenvalue weighted by atomic mass is 16.4. The van der Waals surface area contributed by atoms with Crippen LogP contribution in [0.15, 0.2) is 0 Å². The summed E-state index contributed by atoms with van der Waals surface area (Å²) >= 11 is 0. The molecule has 0 aromatic rings. The van der Waals surface area contributed by atoms with Gasteiger partial charge in [0.25, 0.3) is 0 Å². The molecule has 1 saturated heterocycles. The highest BCUT2D eigenvalue weighted by Crippen LogP contribution is 2.48. The molecule has 2 amide bonds. The predicted molar refractivity (Wildman–Crippen MR) is 66.5 cm³/mol. The fourth-order valence-electron chi connectivity index (χ4n) is 4.01. The molecule has 2 saturated carbocycles. The van der Waals surface area contributed by atoms with Crippen molar-refractivity contribution in [1.82, 2.24) is 10.2 Å². The standard InChI is InChI=1S/C13H20N2O4/c16-9-3-4-15(6-9)13(19)14-11-8-2-1-7(5-8)10(11)12(17)18/h7-11,16H,1-6H2,(H,14,19)(H,17,18). The first-order chi connectivity index (χ1) is 9.06. The molecule has 106 valence electrons. The van der Waals surface area contributed by atoms with Crippen molar-refractivity contribution in [2.24, 2.45) is 17.8 Å². The van der Waals surface area contributed by atoms with E-state index in [0.717, 1.165) is 19.3 Å². The first kappa shape index (κ1) is 12.7. The van der Waals surface area contributed by atoms with E-state index in [1.165, 1.54) is 0 Å². The zero-order chi connectivity index (χ0) is 13.6. The van der Waals surface area contributed by atoms with Gasteiger partial charge >= 0.3 is 12.0 Å². The predicted octanol–water partition coefficient (Wildman–Crippen LogP) is 0.262. The summed E-state index contributed by atoms with van der Waals surface area (Å²) in [5, 5.41) is 21.7. The molecule has 2 aliphatic carbocycles. The Bertz CT molecular complexity index is 400. The normalized spacial score (nSPS) is 40.7. The number of aliphatic hydroxyl groups is 1. The van der Waals surface area contributed by atoms with Crippen molar-refractivity contribution in [1.29, 1.82) is 0 Å². The summed E-state index contributed by atoms with van der Waals surface area (Å²) in [6, 6.07) is -0.457. The van der Waals surface area contributed by atoms with Gasteiger partial charge in [0, 0.05) is 19.1 Å². The van der Waals surface area contributed by atoms with Crippen LogP contribution in [0.25, 0.3) is 0 Å². The average molecular weight is 268 g/mol. The first-order valence-electron chi connectivity index (χ1n) is 7.02. The summed E-state index contributed by atoms with van der Waals surface area (Å²) in [6.45, 7) is 0.899. The second kappa shape index (κ2) is 4.67. The number of hydrogen-bond donors (Lipinski definition) is 3. The minimum atomic E-state index is -0.793. The van der Waals surface area contributed by atoms with Crippen LogP contribution in [0.5, 0.6) is 0 Å². The van der Waals surface area contributed by atoms with Gasteiger partial charge < -0.3 is 20.4 Å². The van der Waals surface area contributed by atoms with E-state index in [-0.39, 0.29) is 18.0 Å². The van der Waals surface area contributed by atoms with E-state index in [0.29, 0.717) is 25.4 Å². The van der Waals surface area contributed by atoms with Crippen LogP contribution in [0, 0.1) is 17.8 Å². The largest absolute Gasteiger partial charge is 0.481 e. The molecule has 0 radical (unpaired) electrons. The number of fused-ring (bicyclic) bond motifs is 2. The summed E-state index contributed by atoms with van der Waals surface area (Å²) in [4.78, 5) is 25.0. The van der Waals surface area contributed by atoms with Crippen molar-refractivity contribution in [3.63, 3.8) is 0 Å². The third-order valence-electron chi connectivity index (χ3n) is 4.94. The van der Waals surface area contributed by atoms with Crippen LogP contribution in [-0.4, -0.2) is 52.3 Å². The summed E-state index contributed by atoms with van der Waals surface area (Å²) in [5.74, 6) is -0.700. The molecule has 1 heterocycles. The number of urea groups is 1. The Morgan fingerprint density at radius 3 is 2.53 bits per heavy atom. The fraction of sp³-hybridized carbons (Fsp3) is 0.846. The van der Waals surface area contributed by atoms with Crippen molar-refractivity contribution in [3.05, 3.63) is 0 Å². The Morgan fingerprint density at radius 2 is 1.89 bits per heavy atom. The molecule has 3 N–H and O–H groups in total. The van der Waals surface area contributed by atoms with E-state index in [9.17, 15) is 19.8 Å². The van der Waals surface area contributed by atoms with Gasteiger partial charge in [-0.3, -0.25) is 4.79 Å². The zero-order valence-corrected chi connectivity index (χ0v) is 10.8. The zero-order valence-electron chi connectivity index (χ0n) is 10.8. The highest BCUT2D eigenvalue weighted by Gasteiger charge is 2.51. The van der Waals surface area contributed by atoms with Gasteiger partial charge in [-0.2, -0.15) is 0 Å². The van der Waals surface area contributed by atoms with Gasteiger partial charge in [-0.1, -0.05) is 0 Å². The lowest BCUT2D eigenvalue weighted by molar-refractivity contribution is -0.144. The van der Waals surface area contributed by atoms with Crippen LogP contribution < -0.4 is 5.32 Å². The highest BCUT2D eigenvalue weighted by molar-refractivity contribution is 5.78. The van der Waals surface area contributed by atoms with Gasteiger partial charge in [0.1, 0.15) is 0 Å². The second-order valence-electron chi connectivity index (χ2n) is 6.06. The maximum atomic E-state index is 12.1. The third kappa shape index (κ3) is 2.18.